The molecule has 110 valence electrons. The maximum Gasteiger partial charge on any atom is 0.352 e. The van der Waals surface area contributed by atoms with Crippen LogP contribution < -0.4 is 10.6 Å². The van der Waals surface area contributed by atoms with Crippen LogP contribution in [0.1, 0.15) is 30.8 Å². The Morgan fingerprint density at radius 2 is 2.10 bits per heavy atom. The molecule has 0 aliphatic heterocycles. The first kappa shape index (κ1) is 15.7. The predicted octanol–water partition coefficient (Wildman–Crippen LogP) is 0.217. The first-order valence-electron chi connectivity index (χ1n) is 6.41. The van der Waals surface area contributed by atoms with Gasteiger partial charge in [0.25, 0.3) is 0 Å². The van der Waals surface area contributed by atoms with E-state index in [1.807, 2.05) is 6.92 Å². The zero-order valence-electron chi connectivity index (χ0n) is 11.5. The molecule has 0 aliphatic rings. The van der Waals surface area contributed by atoms with Gasteiger partial charge >= 0.3 is 5.97 Å². The minimum absolute atomic E-state index is 0.0308. The van der Waals surface area contributed by atoms with Crippen LogP contribution in [0.15, 0.2) is 18.3 Å². The van der Waals surface area contributed by atoms with Crippen molar-refractivity contribution in [2.24, 2.45) is 0 Å². The van der Waals surface area contributed by atoms with Crippen molar-refractivity contribution in [2.75, 3.05) is 6.54 Å². The van der Waals surface area contributed by atoms with Gasteiger partial charge < -0.3 is 20.3 Å². The van der Waals surface area contributed by atoms with E-state index in [9.17, 15) is 14.4 Å². The third kappa shape index (κ3) is 4.42. The Hall–Kier alpha value is -2.31. The van der Waals surface area contributed by atoms with Gasteiger partial charge in [-0.3, -0.25) is 9.59 Å². The fourth-order valence-corrected chi connectivity index (χ4v) is 1.65. The quantitative estimate of drug-likeness (QED) is 0.665. The minimum atomic E-state index is -1.10. The molecule has 20 heavy (non-hydrogen) atoms. The SMILES string of the molecule is CCCNC(=O)C(C)NC(=O)Cn1cccc1C(=O)O. The van der Waals surface area contributed by atoms with Crippen LogP contribution in [0.3, 0.4) is 0 Å². The number of aromatic carboxylic acids is 1. The van der Waals surface area contributed by atoms with Crippen LogP contribution in [-0.4, -0.2) is 40.0 Å². The van der Waals surface area contributed by atoms with E-state index in [2.05, 4.69) is 10.6 Å². The number of nitrogens with one attached hydrogen (secondary N) is 2. The molecule has 0 aromatic carbocycles. The Morgan fingerprint density at radius 1 is 1.40 bits per heavy atom. The van der Waals surface area contributed by atoms with Crippen LogP contribution in [0, 0.1) is 0 Å². The van der Waals surface area contributed by atoms with E-state index in [-0.39, 0.29) is 18.1 Å². The first-order valence-corrected chi connectivity index (χ1v) is 6.41. The highest BCUT2D eigenvalue weighted by molar-refractivity contribution is 5.89. The molecule has 1 atom stereocenters. The molecule has 7 heteroatoms. The van der Waals surface area contributed by atoms with Crippen molar-refractivity contribution < 1.29 is 19.5 Å². The number of rotatable bonds is 7. The van der Waals surface area contributed by atoms with Gasteiger partial charge in [0.2, 0.25) is 11.8 Å². The summed E-state index contributed by atoms with van der Waals surface area (Å²) in [5, 5.41) is 14.1. The average Bonchev–Trinajstić information content (AvgIpc) is 2.83. The van der Waals surface area contributed by atoms with Crippen LogP contribution in [0.5, 0.6) is 0 Å². The summed E-state index contributed by atoms with van der Waals surface area (Å²) < 4.78 is 1.31. The molecule has 0 aliphatic carbocycles. The molecule has 0 saturated carbocycles. The molecule has 0 bridgehead atoms. The van der Waals surface area contributed by atoms with Crippen molar-refractivity contribution >= 4 is 17.8 Å². The summed E-state index contributed by atoms with van der Waals surface area (Å²) in [4.78, 5) is 34.3. The summed E-state index contributed by atoms with van der Waals surface area (Å²) in [7, 11) is 0. The molecule has 7 nitrogen and oxygen atoms in total. The second kappa shape index (κ2) is 7.32. The standard InChI is InChI=1S/C13H19N3O4/c1-3-6-14-12(18)9(2)15-11(17)8-16-7-4-5-10(16)13(19)20/h4-5,7,9H,3,6,8H2,1-2H3,(H,14,18)(H,15,17)(H,19,20). The van der Waals surface area contributed by atoms with Crippen molar-refractivity contribution in [3.63, 3.8) is 0 Å². The number of carboxylic acid groups (broad SMARTS) is 1. The first-order chi connectivity index (χ1) is 9.45. The molecule has 1 aromatic rings. The third-order valence-corrected chi connectivity index (χ3v) is 2.68. The number of carbonyl (C=O) groups is 3. The lowest BCUT2D eigenvalue weighted by Gasteiger charge is -2.14. The highest BCUT2D eigenvalue weighted by atomic mass is 16.4. The minimum Gasteiger partial charge on any atom is -0.477 e. The summed E-state index contributed by atoms with van der Waals surface area (Å²) in [6, 6.07) is 2.30. The molecule has 0 saturated heterocycles. The highest BCUT2D eigenvalue weighted by Crippen LogP contribution is 2.02. The molecule has 1 unspecified atom stereocenters. The number of carbonyl (C=O) groups excluding carboxylic acids is 2. The second-order valence-corrected chi connectivity index (χ2v) is 4.41. The Bertz CT molecular complexity index is 496. The molecule has 0 spiro atoms. The van der Waals surface area contributed by atoms with E-state index >= 15 is 0 Å². The maximum absolute atomic E-state index is 11.8. The van der Waals surface area contributed by atoms with Gasteiger partial charge in [-0.15, -0.1) is 0 Å². The maximum atomic E-state index is 11.8. The number of hydrogen-bond acceptors (Lipinski definition) is 3. The number of aromatic nitrogens is 1. The number of hydrogen-bond donors (Lipinski definition) is 3. The molecule has 0 fully saturated rings. The van der Waals surface area contributed by atoms with Crippen molar-refractivity contribution in [3.8, 4) is 0 Å². The van der Waals surface area contributed by atoms with Crippen molar-refractivity contribution in [3.05, 3.63) is 24.0 Å². The lowest BCUT2D eigenvalue weighted by molar-refractivity contribution is -0.128. The Kier molecular flexibility index (Phi) is 5.76. The lowest BCUT2D eigenvalue weighted by atomic mass is 10.3. The fraction of sp³-hybridized carbons (Fsp3) is 0.462. The molecule has 2 amide bonds. The van der Waals surface area contributed by atoms with Crippen LogP contribution in [0.2, 0.25) is 0 Å². The third-order valence-electron chi connectivity index (χ3n) is 2.68. The van der Waals surface area contributed by atoms with E-state index in [0.717, 1.165) is 6.42 Å². The van der Waals surface area contributed by atoms with Crippen molar-refractivity contribution in [1.29, 1.82) is 0 Å². The van der Waals surface area contributed by atoms with Gasteiger partial charge in [0.05, 0.1) is 0 Å². The summed E-state index contributed by atoms with van der Waals surface area (Å²) in [6.07, 6.45) is 2.32. The normalized spacial score (nSPS) is 11.7. The second-order valence-electron chi connectivity index (χ2n) is 4.41. The zero-order chi connectivity index (χ0) is 15.1. The summed E-state index contributed by atoms with van der Waals surface area (Å²) in [6.45, 7) is 3.93. The van der Waals surface area contributed by atoms with Crippen LogP contribution in [0.4, 0.5) is 0 Å². The van der Waals surface area contributed by atoms with Crippen LogP contribution in [0.25, 0.3) is 0 Å². The summed E-state index contributed by atoms with van der Waals surface area (Å²) in [5.74, 6) is -1.77. The topological polar surface area (TPSA) is 100 Å². The molecular weight excluding hydrogens is 262 g/mol. The van der Waals surface area contributed by atoms with E-state index in [1.54, 1.807) is 13.0 Å². The van der Waals surface area contributed by atoms with Gasteiger partial charge in [-0.1, -0.05) is 6.92 Å². The van der Waals surface area contributed by atoms with Gasteiger partial charge in [-0.25, -0.2) is 4.79 Å². The van der Waals surface area contributed by atoms with Crippen molar-refractivity contribution in [2.45, 2.75) is 32.9 Å². The monoisotopic (exact) mass is 281 g/mol. The molecule has 1 rings (SSSR count). The van der Waals surface area contributed by atoms with Gasteiger partial charge in [-0.2, -0.15) is 0 Å². The molecule has 1 heterocycles. The zero-order valence-corrected chi connectivity index (χ0v) is 11.5. The van der Waals surface area contributed by atoms with E-state index in [0.29, 0.717) is 6.54 Å². The fourth-order valence-electron chi connectivity index (χ4n) is 1.65. The highest BCUT2D eigenvalue weighted by Gasteiger charge is 2.16. The van der Waals surface area contributed by atoms with Crippen molar-refractivity contribution in [1.82, 2.24) is 15.2 Å². The Morgan fingerprint density at radius 3 is 2.70 bits per heavy atom. The van der Waals surface area contributed by atoms with Crippen LogP contribution >= 0.6 is 0 Å². The van der Waals surface area contributed by atoms with Gasteiger partial charge in [0.1, 0.15) is 18.3 Å². The largest absolute Gasteiger partial charge is 0.477 e. The van der Waals surface area contributed by atoms with Gasteiger partial charge in [0.15, 0.2) is 0 Å². The average molecular weight is 281 g/mol. The van der Waals surface area contributed by atoms with E-state index in [4.69, 9.17) is 5.11 Å². The molecule has 0 radical (unpaired) electrons. The number of nitrogens with zero attached hydrogens (tertiary/aromatic N) is 1. The summed E-state index contributed by atoms with van der Waals surface area (Å²) in [5.41, 5.74) is 0.0308. The predicted molar refractivity (Wildman–Crippen MR) is 72.3 cm³/mol. The number of amides is 2. The summed E-state index contributed by atoms with van der Waals surface area (Å²) >= 11 is 0. The molecule has 3 N–H and O–H groups in total. The van der Waals surface area contributed by atoms with E-state index in [1.165, 1.54) is 16.8 Å². The smallest absolute Gasteiger partial charge is 0.352 e. The molecule has 1 aromatic heterocycles. The Labute approximate surface area is 117 Å². The van der Waals surface area contributed by atoms with Gasteiger partial charge in [0, 0.05) is 12.7 Å². The lowest BCUT2D eigenvalue weighted by Crippen LogP contribution is -2.46. The van der Waals surface area contributed by atoms with E-state index < -0.39 is 17.9 Å². The number of carboxylic acids is 1. The van der Waals surface area contributed by atoms with Crippen LogP contribution in [-0.2, 0) is 16.1 Å². The molecular formula is C13H19N3O4. The Balaban J connectivity index is 2.53. The van der Waals surface area contributed by atoms with Gasteiger partial charge in [-0.05, 0) is 25.5 Å².